The number of hydrogen-bond donors (Lipinski definition) is 1. The smallest absolute Gasteiger partial charge is 0.226 e. The molecule has 1 N–H and O–H groups in total. The molecule has 0 amide bonds. The van der Waals surface area contributed by atoms with Crippen molar-refractivity contribution in [2.45, 2.75) is 45.6 Å². The molecule has 14 heteroatoms. The first-order valence-electron chi connectivity index (χ1n) is 15.0. The van der Waals surface area contributed by atoms with Gasteiger partial charge in [0.1, 0.15) is 17.6 Å². The Bertz CT molecular complexity index is 1870. The molecular formula is C32H39FN8O5. The molecule has 1 atom stereocenters. The third kappa shape index (κ3) is 6.09. The average molecular weight is 635 g/mol. The molecule has 3 aromatic heterocycles. The minimum absolute atomic E-state index is 0.0860. The number of methoxy groups -OCH3 is 4. The van der Waals surface area contributed by atoms with Gasteiger partial charge in [-0.25, -0.2) is 14.4 Å². The number of rotatable bonds is 11. The van der Waals surface area contributed by atoms with Crippen molar-refractivity contribution in [2.24, 2.45) is 0 Å². The fourth-order valence-electron chi connectivity index (χ4n) is 5.58. The normalized spacial score (nSPS) is 15.5. The molecule has 0 unspecified atom stereocenters. The second-order valence-corrected chi connectivity index (χ2v) is 11.7. The van der Waals surface area contributed by atoms with Crippen molar-refractivity contribution in [2.75, 3.05) is 58.4 Å². The van der Waals surface area contributed by atoms with E-state index in [0.29, 0.717) is 72.6 Å². The van der Waals surface area contributed by atoms with E-state index >= 15 is 0 Å². The van der Waals surface area contributed by atoms with E-state index < -0.39 is 11.9 Å². The largest absolute Gasteiger partial charge is 0.497 e. The summed E-state index contributed by atoms with van der Waals surface area (Å²) >= 11 is 0. The van der Waals surface area contributed by atoms with Crippen LogP contribution in [0, 0.1) is 12.7 Å². The second-order valence-electron chi connectivity index (χ2n) is 11.7. The number of fused-ring (bicyclic) bond motifs is 3. The Hall–Kier alpha value is -4.69. The number of ether oxygens (including phenoxy) is 5. The first-order chi connectivity index (χ1) is 22.1. The quantitative estimate of drug-likeness (QED) is 0.220. The van der Waals surface area contributed by atoms with Gasteiger partial charge in [0.15, 0.2) is 23.0 Å². The van der Waals surface area contributed by atoms with Gasteiger partial charge in [-0.05, 0) is 39.0 Å². The molecule has 0 saturated carbocycles. The Labute approximate surface area is 266 Å². The van der Waals surface area contributed by atoms with Gasteiger partial charge in [-0.2, -0.15) is 9.61 Å². The van der Waals surface area contributed by atoms with Crippen LogP contribution in [0.2, 0.25) is 0 Å². The second kappa shape index (κ2) is 12.6. The maximum Gasteiger partial charge on any atom is 0.226 e. The van der Waals surface area contributed by atoms with E-state index in [-0.39, 0.29) is 11.4 Å². The van der Waals surface area contributed by atoms with Crippen LogP contribution < -0.4 is 24.4 Å². The third-order valence-electron chi connectivity index (χ3n) is 8.20. The molecule has 0 radical (unpaired) electrons. The molecule has 1 aliphatic heterocycles. The van der Waals surface area contributed by atoms with E-state index in [2.05, 4.69) is 10.2 Å². The number of morpholine rings is 1. The monoisotopic (exact) mass is 634 g/mol. The molecule has 0 spiro atoms. The van der Waals surface area contributed by atoms with Crippen molar-refractivity contribution in [3.63, 3.8) is 0 Å². The number of benzene rings is 2. The predicted octanol–water partition coefficient (Wildman–Crippen LogP) is 4.56. The van der Waals surface area contributed by atoms with Gasteiger partial charge in [-0.1, -0.05) is 0 Å². The number of hydrogen-bond acceptors (Lipinski definition) is 11. The van der Waals surface area contributed by atoms with Crippen LogP contribution in [0.5, 0.6) is 17.2 Å². The average Bonchev–Trinajstić information content (AvgIpc) is 3.67. The molecule has 0 aliphatic carbocycles. The van der Waals surface area contributed by atoms with E-state index in [1.165, 1.54) is 13.2 Å². The summed E-state index contributed by atoms with van der Waals surface area (Å²) in [7, 11) is 6.33. The van der Waals surface area contributed by atoms with Crippen LogP contribution in [0.4, 0.5) is 16.0 Å². The van der Waals surface area contributed by atoms with Crippen LogP contribution in [-0.2, 0) is 22.6 Å². The highest BCUT2D eigenvalue weighted by atomic mass is 19.1. The highest BCUT2D eigenvalue weighted by Crippen LogP contribution is 2.32. The summed E-state index contributed by atoms with van der Waals surface area (Å²) in [6.07, 6.45) is 1.60. The topological polar surface area (TPSA) is 122 Å². The number of anilines is 2. The first-order valence-corrected chi connectivity index (χ1v) is 15.0. The molecule has 1 aliphatic rings. The van der Waals surface area contributed by atoms with Gasteiger partial charge < -0.3 is 33.9 Å². The lowest BCUT2D eigenvalue weighted by Gasteiger charge is -2.32. The lowest BCUT2D eigenvalue weighted by atomic mass is 10.1. The molecule has 4 heterocycles. The van der Waals surface area contributed by atoms with Gasteiger partial charge >= 0.3 is 0 Å². The summed E-state index contributed by atoms with van der Waals surface area (Å²) in [4.78, 5) is 11.9. The summed E-state index contributed by atoms with van der Waals surface area (Å²) in [5.41, 5.74) is 3.40. The number of nitrogens with one attached hydrogen (secondary N) is 1. The van der Waals surface area contributed by atoms with E-state index in [1.54, 1.807) is 31.9 Å². The van der Waals surface area contributed by atoms with Gasteiger partial charge in [0, 0.05) is 49.5 Å². The minimum atomic E-state index is -0.517. The summed E-state index contributed by atoms with van der Waals surface area (Å²) in [5.74, 6) is 1.79. The van der Waals surface area contributed by atoms with E-state index in [1.807, 2.05) is 49.8 Å². The van der Waals surface area contributed by atoms with E-state index in [9.17, 15) is 4.39 Å². The van der Waals surface area contributed by atoms with Gasteiger partial charge in [0.05, 0.1) is 63.5 Å². The number of aromatic nitrogens is 6. The molecule has 46 heavy (non-hydrogen) atoms. The van der Waals surface area contributed by atoms with Crippen LogP contribution in [0.15, 0.2) is 36.5 Å². The summed E-state index contributed by atoms with van der Waals surface area (Å²) in [5, 5.41) is 13.4. The fraction of sp³-hybridized carbons (Fsp3) is 0.438. The maximum absolute atomic E-state index is 14.9. The Balaban J connectivity index is 1.35. The third-order valence-corrected chi connectivity index (χ3v) is 8.20. The van der Waals surface area contributed by atoms with Crippen LogP contribution in [-0.4, -0.2) is 83.1 Å². The fourth-order valence-corrected chi connectivity index (χ4v) is 5.58. The van der Waals surface area contributed by atoms with Crippen molar-refractivity contribution < 1.29 is 28.1 Å². The van der Waals surface area contributed by atoms with Gasteiger partial charge in [-0.15, -0.1) is 5.10 Å². The molecule has 244 valence electrons. The highest BCUT2D eigenvalue weighted by Gasteiger charge is 2.29. The molecule has 0 bridgehead atoms. The zero-order valence-electron chi connectivity index (χ0n) is 27.1. The minimum Gasteiger partial charge on any atom is -0.497 e. The molecule has 6 rings (SSSR count). The summed E-state index contributed by atoms with van der Waals surface area (Å²) in [6.45, 7) is 8.71. The van der Waals surface area contributed by atoms with Crippen molar-refractivity contribution in [3.8, 4) is 17.2 Å². The van der Waals surface area contributed by atoms with Crippen LogP contribution in [0.1, 0.15) is 37.0 Å². The van der Waals surface area contributed by atoms with Crippen molar-refractivity contribution in [1.29, 1.82) is 0 Å². The lowest BCUT2D eigenvalue weighted by Crippen LogP contribution is -2.39. The number of halogens is 1. The molecular weight excluding hydrogens is 595 g/mol. The number of aryl methyl sites for hydroxylation is 1. The molecule has 1 saturated heterocycles. The SMILES string of the molecule is COc1ccc(CNc2nc3cc(OC)c(F)cc3c3nc([C@H]4CN(c5cn(CC(C)(C)OC)nc5C)CCO4)nn23)c(OC)c1. The molecule has 13 nitrogen and oxygen atoms in total. The molecule has 5 aromatic rings. The molecule has 2 aromatic carbocycles. The zero-order valence-corrected chi connectivity index (χ0v) is 27.1. The Kier molecular flexibility index (Phi) is 8.57. The van der Waals surface area contributed by atoms with Crippen molar-refractivity contribution in [1.82, 2.24) is 29.4 Å². The highest BCUT2D eigenvalue weighted by molar-refractivity contribution is 5.93. The number of nitrogens with zero attached hydrogens (tertiary/aromatic N) is 7. The Morgan fingerprint density at radius 3 is 2.57 bits per heavy atom. The van der Waals surface area contributed by atoms with Gasteiger partial charge in [0.2, 0.25) is 5.95 Å². The Morgan fingerprint density at radius 1 is 1.02 bits per heavy atom. The lowest BCUT2D eigenvalue weighted by molar-refractivity contribution is 0.00534. The van der Waals surface area contributed by atoms with Crippen LogP contribution in [0.3, 0.4) is 0 Å². The first kappa shape index (κ1) is 31.3. The van der Waals surface area contributed by atoms with Crippen LogP contribution in [0.25, 0.3) is 16.6 Å². The Morgan fingerprint density at radius 2 is 1.83 bits per heavy atom. The zero-order chi connectivity index (χ0) is 32.6. The van der Waals surface area contributed by atoms with Gasteiger partial charge in [-0.3, -0.25) is 4.68 Å². The predicted molar refractivity (Wildman–Crippen MR) is 171 cm³/mol. The molecule has 1 fully saturated rings. The van der Waals surface area contributed by atoms with E-state index in [4.69, 9.17) is 43.8 Å². The summed E-state index contributed by atoms with van der Waals surface area (Å²) < 4.78 is 46.4. The van der Waals surface area contributed by atoms with Crippen molar-refractivity contribution in [3.05, 3.63) is 59.4 Å². The summed E-state index contributed by atoms with van der Waals surface area (Å²) in [6, 6.07) is 8.53. The van der Waals surface area contributed by atoms with Crippen LogP contribution >= 0.6 is 0 Å². The maximum atomic E-state index is 14.9. The van der Waals surface area contributed by atoms with Crippen molar-refractivity contribution >= 4 is 28.2 Å². The van der Waals surface area contributed by atoms with E-state index in [0.717, 1.165) is 16.9 Å². The van der Waals surface area contributed by atoms with Gasteiger partial charge in [0.25, 0.3) is 0 Å². The standard InChI is InChI=1S/C32H39FN8O5/c1-19-25(16-40(37-19)18-32(2,3)45-7)39-10-11-46-28(17-39)29-36-30-22-13-23(33)27(44-6)14-24(22)35-31(41(30)38-29)34-15-20-8-9-21(42-4)12-26(20)43-5/h8-9,12-14,16,28H,10-11,15,17-18H2,1-7H3,(H,34,35)/t28-/m1/s1.